The molecular weight excluding hydrogens is 93.0 g/mol. The monoisotopic (exact) mass is 107 g/mol. The van der Waals surface area contributed by atoms with Gasteiger partial charge in [-0.2, -0.15) is 0 Å². The Hall–Kier alpha value is 0.557. The molecule has 0 saturated heterocycles. The fourth-order valence-corrected chi connectivity index (χ4v) is 0.596. The van der Waals surface area contributed by atoms with Gasteiger partial charge in [-0.15, -0.1) is 0 Å². The maximum Gasteiger partial charge on any atom is 0.0192 e. The summed E-state index contributed by atoms with van der Waals surface area (Å²) >= 11 is 0. The zero-order valence-electron chi connectivity index (χ0n) is 6.60. The minimum absolute atomic E-state index is 0. The second-order valence-corrected chi connectivity index (χ2v) is 2.34. The second kappa shape index (κ2) is 5.69. The van der Waals surface area contributed by atoms with Gasteiger partial charge in [0.05, 0.1) is 0 Å². The van der Waals surface area contributed by atoms with E-state index >= 15 is 0 Å². The summed E-state index contributed by atoms with van der Waals surface area (Å²) in [5.41, 5.74) is 0. The van der Waals surface area contributed by atoms with Crippen molar-refractivity contribution >= 4 is 18.9 Å². The molecule has 0 N–H and O–H groups in total. The molecule has 0 aromatic rings. The van der Waals surface area contributed by atoms with Gasteiger partial charge in [0.25, 0.3) is 0 Å². The van der Waals surface area contributed by atoms with Gasteiger partial charge in [-0.25, -0.2) is 5.32 Å². The standard InChI is InChI=1S/C6H14N.Li/c1-5(2)7-6(3)4;/h5-6H,1-4H3;. The Morgan fingerprint density at radius 1 is 0.875 bits per heavy atom. The van der Waals surface area contributed by atoms with Gasteiger partial charge in [0.2, 0.25) is 0 Å². The normalized spacial score (nSPS) is 9.75. The van der Waals surface area contributed by atoms with E-state index in [4.69, 9.17) is 0 Å². The van der Waals surface area contributed by atoms with E-state index in [1.807, 2.05) is 0 Å². The van der Waals surface area contributed by atoms with Crippen LogP contribution in [0.4, 0.5) is 0 Å². The molecule has 0 bridgehead atoms. The first-order valence-electron chi connectivity index (χ1n) is 2.83. The van der Waals surface area contributed by atoms with Crippen molar-refractivity contribution in [3.05, 3.63) is 0 Å². The first kappa shape index (κ1) is 11.4. The quantitative estimate of drug-likeness (QED) is 0.468. The Labute approximate surface area is 64.4 Å². The van der Waals surface area contributed by atoms with Crippen LogP contribution in [0.1, 0.15) is 27.7 Å². The minimum Gasteiger partial charge on any atom is -0.236 e. The van der Waals surface area contributed by atoms with Gasteiger partial charge in [-0.1, -0.05) is 0 Å². The molecule has 0 aromatic heterocycles. The molecule has 44 valence electrons. The van der Waals surface area contributed by atoms with E-state index in [9.17, 15) is 0 Å². The summed E-state index contributed by atoms with van der Waals surface area (Å²) in [5, 5.41) is 4.28. The van der Waals surface area contributed by atoms with E-state index in [0.717, 1.165) is 0 Å². The summed E-state index contributed by atoms with van der Waals surface area (Å²) in [6.07, 6.45) is 0. The predicted molar refractivity (Wildman–Crippen MR) is 38.2 cm³/mol. The minimum atomic E-state index is 0. The van der Waals surface area contributed by atoms with Crippen molar-refractivity contribution < 1.29 is 0 Å². The van der Waals surface area contributed by atoms with Crippen LogP contribution in [0, 0.1) is 0 Å². The third-order valence-electron chi connectivity index (χ3n) is 0.596. The molecule has 0 fully saturated rings. The molecule has 0 rings (SSSR count). The fourth-order valence-electron chi connectivity index (χ4n) is 0.596. The van der Waals surface area contributed by atoms with Crippen LogP contribution >= 0.6 is 0 Å². The molecule has 0 unspecified atom stereocenters. The van der Waals surface area contributed by atoms with Crippen LogP contribution in [0.25, 0.3) is 0 Å². The van der Waals surface area contributed by atoms with E-state index < -0.39 is 0 Å². The van der Waals surface area contributed by atoms with Crippen molar-refractivity contribution in [2.24, 2.45) is 0 Å². The molecule has 0 aliphatic carbocycles. The molecule has 0 spiro atoms. The third-order valence-corrected chi connectivity index (χ3v) is 0.596. The number of nitrogens with zero attached hydrogens (tertiary/aromatic N) is 1. The molecule has 0 aromatic carbocycles. The van der Waals surface area contributed by atoms with Crippen LogP contribution in [0.15, 0.2) is 0 Å². The molecule has 8 heavy (non-hydrogen) atoms. The number of hydrogen-bond acceptors (Lipinski definition) is 0. The van der Waals surface area contributed by atoms with Crippen LogP contribution in [-0.2, 0) is 0 Å². The van der Waals surface area contributed by atoms with E-state index in [2.05, 4.69) is 33.0 Å². The maximum atomic E-state index is 4.28. The van der Waals surface area contributed by atoms with Crippen LogP contribution in [0.3, 0.4) is 0 Å². The molecular formula is C6H14LiN. The summed E-state index contributed by atoms with van der Waals surface area (Å²) in [6, 6.07) is 1.000. The fraction of sp³-hybridized carbons (Fsp3) is 1.00. The van der Waals surface area contributed by atoms with Crippen LogP contribution < -0.4 is 5.32 Å². The van der Waals surface area contributed by atoms with Crippen molar-refractivity contribution in [2.45, 2.75) is 39.8 Å². The average molecular weight is 107 g/mol. The van der Waals surface area contributed by atoms with Gasteiger partial charge >= 0.3 is 0 Å². The van der Waals surface area contributed by atoms with Crippen molar-refractivity contribution in [1.29, 1.82) is 0 Å². The molecule has 0 heterocycles. The van der Waals surface area contributed by atoms with Gasteiger partial charge < -0.3 is 0 Å². The van der Waals surface area contributed by atoms with Crippen molar-refractivity contribution in [1.82, 2.24) is 5.32 Å². The van der Waals surface area contributed by atoms with E-state index in [0.29, 0.717) is 12.1 Å². The first-order valence-corrected chi connectivity index (χ1v) is 2.83. The molecule has 0 aliphatic heterocycles. The molecule has 0 amide bonds. The van der Waals surface area contributed by atoms with Crippen LogP contribution in [0.2, 0.25) is 0 Å². The maximum absolute atomic E-state index is 4.28. The second-order valence-electron chi connectivity index (χ2n) is 2.34. The van der Waals surface area contributed by atoms with E-state index in [1.54, 1.807) is 0 Å². The number of rotatable bonds is 2. The Morgan fingerprint density at radius 3 is 1.12 bits per heavy atom. The zero-order valence-corrected chi connectivity index (χ0v) is 6.60. The molecule has 1 nitrogen and oxygen atoms in total. The van der Waals surface area contributed by atoms with Gasteiger partial charge in [-0.3, -0.25) is 0 Å². The van der Waals surface area contributed by atoms with Crippen molar-refractivity contribution in [3.8, 4) is 0 Å². The van der Waals surface area contributed by atoms with Gasteiger partial charge in [0.1, 0.15) is 0 Å². The molecule has 2 heteroatoms. The Bertz CT molecular complexity index is 37.8. The Balaban J connectivity index is 0. The molecule has 0 aliphatic rings. The Kier molecular flexibility index (Phi) is 8.08. The van der Waals surface area contributed by atoms with Crippen molar-refractivity contribution in [2.75, 3.05) is 0 Å². The summed E-state index contributed by atoms with van der Waals surface area (Å²) in [7, 11) is 0. The van der Waals surface area contributed by atoms with E-state index in [-0.39, 0.29) is 18.9 Å². The van der Waals surface area contributed by atoms with Crippen LogP contribution in [0.5, 0.6) is 0 Å². The first-order chi connectivity index (χ1) is 3.13. The van der Waals surface area contributed by atoms with Gasteiger partial charge in [-0.05, 0) is 27.7 Å². The largest absolute Gasteiger partial charge is 0.236 e. The molecule has 2 radical (unpaired) electrons. The average Bonchev–Trinajstić information content (AvgIpc) is 1.27. The van der Waals surface area contributed by atoms with Gasteiger partial charge in [0, 0.05) is 30.9 Å². The van der Waals surface area contributed by atoms with Gasteiger partial charge in [0.15, 0.2) is 0 Å². The predicted octanol–water partition coefficient (Wildman–Crippen LogP) is 1.03. The van der Waals surface area contributed by atoms with E-state index in [1.165, 1.54) is 0 Å². The summed E-state index contributed by atoms with van der Waals surface area (Å²) in [5.74, 6) is 0. The summed E-state index contributed by atoms with van der Waals surface area (Å²) in [6.45, 7) is 8.39. The van der Waals surface area contributed by atoms with Crippen molar-refractivity contribution in [3.63, 3.8) is 0 Å². The molecule has 0 atom stereocenters. The topological polar surface area (TPSA) is 14.1 Å². The SMILES string of the molecule is CC(C)[N]C(C)C.[Li]. The third kappa shape index (κ3) is 9.75. The molecule has 0 saturated carbocycles. The van der Waals surface area contributed by atoms with Crippen LogP contribution in [-0.4, -0.2) is 30.9 Å². The summed E-state index contributed by atoms with van der Waals surface area (Å²) < 4.78 is 0. The summed E-state index contributed by atoms with van der Waals surface area (Å²) in [4.78, 5) is 0. The smallest absolute Gasteiger partial charge is 0.0192 e. The zero-order chi connectivity index (χ0) is 5.86. The Morgan fingerprint density at radius 2 is 1.12 bits per heavy atom. The number of hydrogen-bond donors (Lipinski definition) is 0.